The zero-order chi connectivity index (χ0) is 15.3. The molecule has 0 radical (unpaired) electrons. The summed E-state index contributed by atoms with van der Waals surface area (Å²) in [7, 11) is 0. The normalized spacial score (nSPS) is 13.8. The van der Waals surface area contributed by atoms with Gasteiger partial charge in [0.15, 0.2) is 0 Å². The molecule has 3 N–H and O–H groups in total. The van der Waals surface area contributed by atoms with E-state index < -0.39 is 23.6 Å². The smallest absolute Gasteiger partial charge is 0.271 e. The molecular weight excluding hydrogens is 272 g/mol. The van der Waals surface area contributed by atoms with Crippen molar-refractivity contribution < 1.29 is 17.6 Å². The fourth-order valence-electron chi connectivity index (χ4n) is 2.14. The van der Waals surface area contributed by atoms with Gasteiger partial charge in [-0.15, -0.1) is 0 Å². The van der Waals surface area contributed by atoms with Crippen LogP contribution in [0.2, 0.25) is 0 Å². The van der Waals surface area contributed by atoms with Gasteiger partial charge in [0.25, 0.3) is 0 Å². The summed E-state index contributed by atoms with van der Waals surface area (Å²) in [4.78, 5) is 0. The predicted molar refractivity (Wildman–Crippen MR) is 70.2 cm³/mol. The van der Waals surface area contributed by atoms with Crippen molar-refractivity contribution in [3.8, 4) is 0 Å². The Kier molecular flexibility index (Phi) is 5.95. The molecule has 1 unspecified atom stereocenters. The van der Waals surface area contributed by atoms with E-state index in [0.29, 0.717) is 12.3 Å². The first-order chi connectivity index (χ1) is 9.25. The van der Waals surface area contributed by atoms with Crippen molar-refractivity contribution in [2.45, 2.75) is 45.3 Å². The maximum atomic E-state index is 13.2. The fraction of sp³-hybridized carbons (Fsp3) is 0.571. The first-order valence-corrected chi connectivity index (χ1v) is 6.58. The number of nitrogens with one attached hydrogen (secondary N) is 1. The molecule has 1 aromatic rings. The largest absolute Gasteiger partial charge is 0.416 e. The van der Waals surface area contributed by atoms with Gasteiger partial charge in [-0.2, -0.15) is 13.2 Å². The number of rotatable bonds is 6. The summed E-state index contributed by atoms with van der Waals surface area (Å²) in [6.45, 7) is 4.07. The van der Waals surface area contributed by atoms with Crippen molar-refractivity contribution >= 4 is 0 Å². The van der Waals surface area contributed by atoms with Gasteiger partial charge in [-0.3, -0.25) is 11.3 Å². The molecule has 0 heterocycles. The molecule has 1 atom stereocenters. The van der Waals surface area contributed by atoms with Crippen LogP contribution in [0.15, 0.2) is 18.2 Å². The van der Waals surface area contributed by atoms with Crippen LogP contribution >= 0.6 is 0 Å². The summed E-state index contributed by atoms with van der Waals surface area (Å²) in [5.74, 6) is 5.11. The summed E-state index contributed by atoms with van der Waals surface area (Å²) in [6.07, 6.45) is -2.48. The standard InChI is InChI=1S/C14H20F4N2/c1-9(2)4-3-5-13(20-19)11-8-10(15)6-7-12(11)14(16,17)18/h6-9,13,20H,3-5,19H2,1-2H3. The summed E-state index contributed by atoms with van der Waals surface area (Å²) in [5, 5.41) is 0. The molecule has 6 heteroatoms. The van der Waals surface area contributed by atoms with Crippen LogP contribution < -0.4 is 11.3 Å². The molecule has 0 aliphatic carbocycles. The van der Waals surface area contributed by atoms with Gasteiger partial charge >= 0.3 is 6.18 Å². The molecule has 0 aliphatic rings. The third-order valence-corrected chi connectivity index (χ3v) is 3.17. The SMILES string of the molecule is CC(C)CCCC(NN)c1cc(F)ccc1C(F)(F)F. The van der Waals surface area contributed by atoms with Crippen molar-refractivity contribution in [1.82, 2.24) is 5.43 Å². The molecule has 0 amide bonds. The summed E-state index contributed by atoms with van der Waals surface area (Å²) in [5.41, 5.74) is 1.39. The summed E-state index contributed by atoms with van der Waals surface area (Å²) >= 11 is 0. The summed E-state index contributed by atoms with van der Waals surface area (Å²) < 4.78 is 52.1. The Morgan fingerprint density at radius 1 is 1.20 bits per heavy atom. The van der Waals surface area contributed by atoms with Gasteiger partial charge < -0.3 is 0 Å². The van der Waals surface area contributed by atoms with Gasteiger partial charge in [0.1, 0.15) is 5.82 Å². The van der Waals surface area contributed by atoms with Gasteiger partial charge in [-0.1, -0.05) is 26.7 Å². The highest BCUT2D eigenvalue weighted by molar-refractivity contribution is 5.33. The van der Waals surface area contributed by atoms with E-state index in [1.54, 1.807) is 0 Å². The maximum Gasteiger partial charge on any atom is 0.416 e. The molecule has 1 rings (SSSR count). The second-order valence-electron chi connectivity index (χ2n) is 5.27. The lowest BCUT2D eigenvalue weighted by Gasteiger charge is -2.21. The number of nitrogens with two attached hydrogens (primary N) is 1. The fourth-order valence-corrected chi connectivity index (χ4v) is 2.14. The number of hydrogen-bond donors (Lipinski definition) is 2. The number of alkyl halides is 3. The predicted octanol–water partition coefficient (Wildman–Crippen LogP) is 4.18. The number of halogens is 4. The average molecular weight is 292 g/mol. The minimum atomic E-state index is -4.52. The molecule has 0 aliphatic heterocycles. The summed E-state index contributed by atoms with van der Waals surface area (Å²) in [6, 6.07) is 1.77. The van der Waals surface area contributed by atoms with Crippen molar-refractivity contribution in [2.75, 3.05) is 0 Å². The zero-order valence-electron chi connectivity index (χ0n) is 11.6. The van der Waals surface area contributed by atoms with Crippen LogP contribution in [0, 0.1) is 11.7 Å². The van der Waals surface area contributed by atoms with Gasteiger partial charge in [0.05, 0.1) is 5.56 Å². The Bertz CT molecular complexity index is 430. The van der Waals surface area contributed by atoms with Crippen molar-refractivity contribution in [3.05, 3.63) is 35.1 Å². The van der Waals surface area contributed by atoms with Crippen molar-refractivity contribution in [3.63, 3.8) is 0 Å². The molecule has 0 aromatic heterocycles. The Hall–Kier alpha value is -1.14. The third-order valence-electron chi connectivity index (χ3n) is 3.17. The van der Waals surface area contributed by atoms with Gasteiger partial charge in [-0.25, -0.2) is 4.39 Å². The van der Waals surface area contributed by atoms with E-state index in [0.717, 1.165) is 31.0 Å². The lowest BCUT2D eigenvalue weighted by Crippen LogP contribution is -2.30. The number of hydrazine groups is 1. The molecule has 0 bridgehead atoms. The second-order valence-corrected chi connectivity index (χ2v) is 5.27. The van der Waals surface area contributed by atoms with Gasteiger partial charge in [0.2, 0.25) is 0 Å². The zero-order valence-corrected chi connectivity index (χ0v) is 11.6. The van der Waals surface area contributed by atoms with Crippen molar-refractivity contribution in [1.29, 1.82) is 0 Å². The number of benzene rings is 1. The molecular formula is C14H20F4N2. The Morgan fingerprint density at radius 2 is 1.85 bits per heavy atom. The minimum Gasteiger partial charge on any atom is -0.271 e. The maximum absolute atomic E-state index is 13.2. The molecule has 0 saturated heterocycles. The first kappa shape index (κ1) is 16.9. The van der Waals surface area contributed by atoms with Crippen LogP contribution in [0.1, 0.15) is 50.3 Å². The average Bonchev–Trinajstić information content (AvgIpc) is 2.32. The van der Waals surface area contributed by atoms with Crippen molar-refractivity contribution in [2.24, 2.45) is 11.8 Å². The van der Waals surface area contributed by atoms with Crippen LogP contribution in [0.4, 0.5) is 17.6 Å². The van der Waals surface area contributed by atoms with E-state index in [1.165, 1.54) is 0 Å². The Labute approximate surface area is 116 Å². The van der Waals surface area contributed by atoms with E-state index >= 15 is 0 Å². The molecule has 0 fully saturated rings. The van der Waals surface area contributed by atoms with E-state index in [2.05, 4.69) is 5.43 Å². The van der Waals surface area contributed by atoms with Crippen LogP contribution in [0.25, 0.3) is 0 Å². The first-order valence-electron chi connectivity index (χ1n) is 6.58. The van der Waals surface area contributed by atoms with Gasteiger partial charge in [-0.05, 0) is 36.1 Å². The molecule has 20 heavy (non-hydrogen) atoms. The highest BCUT2D eigenvalue weighted by Crippen LogP contribution is 2.36. The quantitative estimate of drug-likeness (QED) is 0.469. The molecule has 2 nitrogen and oxygen atoms in total. The number of hydrogen-bond acceptors (Lipinski definition) is 2. The van der Waals surface area contributed by atoms with E-state index in [1.807, 2.05) is 13.8 Å². The monoisotopic (exact) mass is 292 g/mol. The molecule has 1 aromatic carbocycles. The van der Waals surface area contributed by atoms with E-state index in [4.69, 9.17) is 5.84 Å². The molecule has 0 saturated carbocycles. The minimum absolute atomic E-state index is 0.135. The Balaban J connectivity index is 2.98. The van der Waals surface area contributed by atoms with Crippen LogP contribution in [0.3, 0.4) is 0 Å². The highest BCUT2D eigenvalue weighted by atomic mass is 19.4. The lowest BCUT2D eigenvalue weighted by molar-refractivity contribution is -0.138. The topological polar surface area (TPSA) is 38.0 Å². The van der Waals surface area contributed by atoms with E-state index in [9.17, 15) is 17.6 Å². The highest BCUT2D eigenvalue weighted by Gasteiger charge is 2.35. The van der Waals surface area contributed by atoms with Crippen LogP contribution in [-0.4, -0.2) is 0 Å². The molecule has 114 valence electrons. The third kappa shape index (κ3) is 4.76. The van der Waals surface area contributed by atoms with Gasteiger partial charge in [0, 0.05) is 6.04 Å². The van der Waals surface area contributed by atoms with E-state index in [-0.39, 0.29) is 5.56 Å². The Morgan fingerprint density at radius 3 is 2.35 bits per heavy atom. The van der Waals surface area contributed by atoms with Crippen LogP contribution in [0.5, 0.6) is 0 Å². The second kappa shape index (κ2) is 7.04. The lowest BCUT2D eigenvalue weighted by atomic mass is 9.94. The van der Waals surface area contributed by atoms with Crippen LogP contribution in [-0.2, 0) is 6.18 Å². The molecule has 0 spiro atoms.